The zero-order valence-electron chi connectivity index (χ0n) is 18.8. The van der Waals surface area contributed by atoms with E-state index in [4.69, 9.17) is 9.72 Å². The fraction of sp³-hybridized carbons (Fsp3) is 0.480. The molecule has 4 aliphatic rings. The van der Waals surface area contributed by atoms with Crippen molar-refractivity contribution in [3.05, 3.63) is 53.5 Å². The summed E-state index contributed by atoms with van der Waals surface area (Å²) in [7, 11) is 0.781. The molecule has 0 bridgehead atoms. The van der Waals surface area contributed by atoms with Crippen LogP contribution in [0.5, 0.6) is 5.75 Å². The lowest BCUT2D eigenvalue weighted by molar-refractivity contribution is 0.386. The Morgan fingerprint density at radius 3 is 2.76 bits per heavy atom. The summed E-state index contributed by atoms with van der Waals surface area (Å²) in [5.41, 5.74) is 3.83. The second-order valence-corrected chi connectivity index (χ2v) is 11.1. The first kappa shape index (κ1) is 21.0. The number of hydrogen-bond acceptors (Lipinski definition) is 6. The van der Waals surface area contributed by atoms with E-state index in [-0.39, 0.29) is 17.6 Å². The molecule has 6 rings (SSSR count). The van der Waals surface area contributed by atoms with Crippen molar-refractivity contribution >= 4 is 28.0 Å². The number of fused-ring (bicyclic) bond motifs is 2. The Bertz CT molecular complexity index is 1120. The zero-order chi connectivity index (χ0) is 22.5. The fourth-order valence-electron chi connectivity index (χ4n) is 5.52. The molecule has 0 radical (unpaired) electrons. The van der Waals surface area contributed by atoms with E-state index < -0.39 is 10.8 Å². The molecular formula is C25H29FN4O2S. The van der Waals surface area contributed by atoms with Gasteiger partial charge in [0.05, 0.1) is 13.2 Å². The maximum atomic E-state index is 14.7. The highest BCUT2D eigenvalue weighted by Gasteiger charge is 2.39. The first-order valence-corrected chi connectivity index (χ1v) is 13.2. The molecule has 8 heteroatoms. The van der Waals surface area contributed by atoms with Gasteiger partial charge in [0.1, 0.15) is 5.82 Å². The molecule has 3 saturated heterocycles. The number of benzene rings is 1. The Balaban J connectivity index is 1.35. The molecule has 1 aromatic heterocycles. The Morgan fingerprint density at radius 2 is 2.03 bits per heavy atom. The molecule has 6 nitrogen and oxygen atoms in total. The maximum absolute atomic E-state index is 14.7. The monoisotopic (exact) mass is 468 g/mol. The second-order valence-electron chi connectivity index (χ2n) is 9.52. The Hall–Kier alpha value is -2.61. The van der Waals surface area contributed by atoms with Crippen molar-refractivity contribution in [3.8, 4) is 5.75 Å². The lowest BCUT2D eigenvalue weighted by atomic mass is 9.95. The van der Waals surface area contributed by atoms with Gasteiger partial charge in [-0.25, -0.2) is 9.37 Å². The third kappa shape index (κ3) is 3.78. The number of likely N-dealkylation sites (tertiary alicyclic amines) is 1. The SMILES string of the molecule is COc1cc2c(cc1F)C(N1CC3CCS(=O)CC3C1)=CC(c1ccc(N3CCC3)nc1)N2. The van der Waals surface area contributed by atoms with Crippen molar-refractivity contribution in [2.24, 2.45) is 11.8 Å². The average Bonchev–Trinajstić information content (AvgIpc) is 3.20. The molecule has 0 amide bonds. The van der Waals surface area contributed by atoms with E-state index in [2.05, 4.69) is 33.3 Å². The summed E-state index contributed by atoms with van der Waals surface area (Å²) in [6, 6.07) is 7.48. The molecule has 0 saturated carbocycles. The van der Waals surface area contributed by atoms with Gasteiger partial charge in [-0.3, -0.25) is 4.21 Å². The highest BCUT2D eigenvalue weighted by atomic mass is 32.2. The third-order valence-electron chi connectivity index (χ3n) is 7.55. The molecule has 33 heavy (non-hydrogen) atoms. The molecule has 4 aliphatic heterocycles. The molecule has 1 aromatic carbocycles. The minimum absolute atomic E-state index is 0.0719. The molecule has 174 valence electrons. The number of halogens is 1. The number of methoxy groups -OCH3 is 1. The van der Waals surface area contributed by atoms with Crippen molar-refractivity contribution in [3.63, 3.8) is 0 Å². The van der Waals surface area contributed by atoms with Crippen molar-refractivity contribution < 1.29 is 13.3 Å². The largest absolute Gasteiger partial charge is 0.494 e. The molecule has 3 fully saturated rings. The molecule has 1 N–H and O–H groups in total. The van der Waals surface area contributed by atoms with Gasteiger partial charge in [-0.2, -0.15) is 0 Å². The zero-order valence-corrected chi connectivity index (χ0v) is 19.6. The highest BCUT2D eigenvalue weighted by molar-refractivity contribution is 7.85. The van der Waals surface area contributed by atoms with Crippen LogP contribution in [-0.2, 0) is 10.8 Å². The second kappa shape index (κ2) is 8.31. The number of nitrogens with one attached hydrogen (secondary N) is 1. The van der Waals surface area contributed by atoms with Gasteiger partial charge >= 0.3 is 0 Å². The maximum Gasteiger partial charge on any atom is 0.165 e. The number of ether oxygens (including phenoxy) is 1. The topological polar surface area (TPSA) is 57.7 Å². The lowest BCUT2D eigenvalue weighted by Gasteiger charge is -2.33. The van der Waals surface area contributed by atoms with Gasteiger partial charge in [-0.1, -0.05) is 6.07 Å². The molecule has 4 unspecified atom stereocenters. The van der Waals surface area contributed by atoms with Crippen LogP contribution in [-0.4, -0.2) is 58.9 Å². The Morgan fingerprint density at radius 1 is 1.18 bits per heavy atom. The Kier molecular flexibility index (Phi) is 5.28. The predicted octanol–water partition coefficient (Wildman–Crippen LogP) is 3.65. The number of aromatic nitrogens is 1. The Labute approximate surface area is 196 Å². The summed E-state index contributed by atoms with van der Waals surface area (Å²) in [4.78, 5) is 9.34. The summed E-state index contributed by atoms with van der Waals surface area (Å²) in [6.45, 7) is 3.94. The van der Waals surface area contributed by atoms with E-state index in [1.165, 1.54) is 13.5 Å². The average molecular weight is 469 g/mol. The van der Waals surface area contributed by atoms with Crippen LogP contribution < -0.4 is 15.0 Å². The number of pyridine rings is 1. The van der Waals surface area contributed by atoms with E-state index in [9.17, 15) is 8.60 Å². The van der Waals surface area contributed by atoms with Crippen LogP contribution in [0.25, 0.3) is 5.70 Å². The molecule has 5 heterocycles. The highest BCUT2D eigenvalue weighted by Crippen LogP contribution is 2.43. The minimum Gasteiger partial charge on any atom is -0.494 e. The van der Waals surface area contributed by atoms with Gasteiger partial charge in [0, 0.05) is 77.7 Å². The van der Waals surface area contributed by atoms with Crippen LogP contribution in [0.2, 0.25) is 0 Å². The first-order chi connectivity index (χ1) is 16.1. The standard InChI is InChI=1S/C25H29FN4O2S/c1-32-24-11-22-19(9-20(24)26)23(30-13-17-5-8-33(31)15-18(17)14-30)10-21(28-22)16-3-4-25(27-12-16)29-6-2-7-29/h3-4,9-12,17-18,21,28H,2,5-8,13-15H2,1H3. The van der Waals surface area contributed by atoms with E-state index in [1.54, 1.807) is 12.1 Å². The van der Waals surface area contributed by atoms with Gasteiger partial charge in [0.25, 0.3) is 0 Å². The molecule has 0 spiro atoms. The minimum atomic E-state index is -0.710. The van der Waals surface area contributed by atoms with Crippen molar-refractivity contribution in [1.82, 2.24) is 9.88 Å². The van der Waals surface area contributed by atoms with Crippen LogP contribution in [0.15, 0.2) is 36.5 Å². The summed E-state index contributed by atoms with van der Waals surface area (Å²) in [5.74, 6) is 3.47. The molecular weight excluding hydrogens is 439 g/mol. The summed E-state index contributed by atoms with van der Waals surface area (Å²) >= 11 is 0. The van der Waals surface area contributed by atoms with Gasteiger partial charge in [-0.05, 0) is 48.4 Å². The van der Waals surface area contributed by atoms with E-state index in [0.717, 1.165) is 72.4 Å². The number of nitrogens with zero attached hydrogens (tertiary/aromatic N) is 3. The molecule has 0 aliphatic carbocycles. The van der Waals surface area contributed by atoms with Crippen molar-refractivity contribution in [2.45, 2.75) is 18.9 Å². The number of rotatable bonds is 4. The van der Waals surface area contributed by atoms with Gasteiger partial charge < -0.3 is 19.9 Å². The fourth-order valence-corrected chi connectivity index (χ4v) is 7.11. The van der Waals surface area contributed by atoms with Crippen LogP contribution in [0.1, 0.15) is 30.0 Å². The van der Waals surface area contributed by atoms with E-state index in [0.29, 0.717) is 11.8 Å². The van der Waals surface area contributed by atoms with Gasteiger partial charge in [-0.15, -0.1) is 0 Å². The summed E-state index contributed by atoms with van der Waals surface area (Å²) in [6.07, 6.45) is 6.37. The lowest BCUT2D eigenvalue weighted by Crippen LogP contribution is -2.37. The van der Waals surface area contributed by atoms with Crippen LogP contribution in [0.4, 0.5) is 15.9 Å². The van der Waals surface area contributed by atoms with Crippen LogP contribution in [0.3, 0.4) is 0 Å². The van der Waals surface area contributed by atoms with Gasteiger partial charge in [0.2, 0.25) is 0 Å². The van der Waals surface area contributed by atoms with E-state index >= 15 is 0 Å². The predicted molar refractivity (Wildman–Crippen MR) is 129 cm³/mol. The molecule has 4 atom stereocenters. The number of anilines is 2. The number of hydrogen-bond donors (Lipinski definition) is 1. The van der Waals surface area contributed by atoms with Crippen molar-refractivity contribution in [1.29, 1.82) is 0 Å². The van der Waals surface area contributed by atoms with E-state index in [1.807, 2.05) is 6.20 Å². The van der Waals surface area contributed by atoms with Crippen LogP contribution in [0, 0.1) is 17.7 Å². The van der Waals surface area contributed by atoms with Crippen LogP contribution >= 0.6 is 0 Å². The van der Waals surface area contributed by atoms with Crippen molar-refractivity contribution in [2.75, 3.05) is 55.0 Å². The third-order valence-corrected chi connectivity index (χ3v) is 9.04. The summed E-state index contributed by atoms with van der Waals surface area (Å²) in [5, 5.41) is 3.56. The first-order valence-electron chi connectivity index (χ1n) is 11.8. The smallest absolute Gasteiger partial charge is 0.165 e. The quantitative estimate of drug-likeness (QED) is 0.739. The van der Waals surface area contributed by atoms with Gasteiger partial charge in [0.15, 0.2) is 11.6 Å². The normalized spacial score (nSPS) is 28.4. The summed E-state index contributed by atoms with van der Waals surface area (Å²) < 4.78 is 32.1. The molecule has 2 aromatic rings.